The summed E-state index contributed by atoms with van der Waals surface area (Å²) in [6.07, 6.45) is 3.17. The maximum atomic E-state index is 12.4. The van der Waals surface area contributed by atoms with Crippen molar-refractivity contribution >= 4 is 24.0 Å². The fraction of sp³-hybridized carbons (Fsp3) is 0.524. The van der Waals surface area contributed by atoms with Crippen molar-refractivity contribution in [1.29, 1.82) is 5.41 Å². The molecule has 30 heavy (non-hydrogen) atoms. The van der Waals surface area contributed by atoms with Crippen LogP contribution in [0.2, 0.25) is 0 Å². The van der Waals surface area contributed by atoms with Crippen LogP contribution in [0.5, 0.6) is 0 Å². The number of ether oxygens (including phenoxy) is 1. The van der Waals surface area contributed by atoms with E-state index in [2.05, 4.69) is 0 Å². The number of carbonyl (C=O) groups is 3. The highest BCUT2D eigenvalue weighted by Gasteiger charge is 2.38. The number of nitrogens with one attached hydrogen (secondary N) is 1. The van der Waals surface area contributed by atoms with Crippen LogP contribution in [-0.2, 0) is 25.6 Å². The zero-order chi connectivity index (χ0) is 22.1. The van der Waals surface area contributed by atoms with Crippen molar-refractivity contribution in [3.63, 3.8) is 0 Å². The smallest absolute Gasteiger partial charge is 0.451 e. The molecular weight excluding hydrogens is 390 g/mol. The molecule has 1 saturated carbocycles. The van der Waals surface area contributed by atoms with Gasteiger partial charge in [0.25, 0.3) is 0 Å². The van der Waals surface area contributed by atoms with Crippen molar-refractivity contribution in [2.45, 2.75) is 51.5 Å². The third-order valence-corrected chi connectivity index (χ3v) is 5.11. The lowest BCUT2D eigenvalue weighted by Crippen LogP contribution is -2.54. The standard InChI is InChI=1S/C21H29N3O6/c1-3-29-21(28)24(30-17(25)14-15-10-6-4-7-11-15)20(22)23(2)18(19(26)27)16-12-8-5-9-13-16/h4,6-7,10-11,16,18,22H,3,5,8-9,12-14H2,1-2H3,(H,26,27). The van der Waals surface area contributed by atoms with Crippen LogP contribution >= 0.6 is 0 Å². The first-order chi connectivity index (χ1) is 14.3. The van der Waals surface area contributed by atoms with Gasteiger partial charge in [0, 0.05) is 7.05 Å². The molecule has 1 aliphatic rings. The Morgan fingerprint density at radius 3 is 2.37 bits per heavy atom. The Labute approximate surface area is 176 Å². The summed E-state index contributed by atoms with van der Waals surface area (Å²) in [4.78, 5) is 43.0. The second-order valence-electron chi connectivity index (χ2n) is 7.23. The minimum absolute atomic E-state index is 0.00749. The molecule has 1 amide bonds. The molecule has 0 aliphatic heterocycles. The predicted molar refractivity (Wildman–Crippen MR) is 109 cm³/mol. The van der Waals surface area contributed by atoms with E-state index in [-0.39, 0.29) is 18.9 Å². The number of hydrogen-bond acceptors (Lipinski definition) is 6. The van der Waals surface area contributed by atoms with E-state index in [4.69, 9.17) is 15.0 Å². The molecule has 0 heterocycles. The van der Waals surface area contributed by atoms with E-state index in [9.17, 15) is 19.5 Å². The number of carbonyl (C=O) groups excluding carboxylic acids is 2. The summed E-state index contributed by atoms with van der Waals surface area (Å²) in [7, 11) is 1.41. The van der Waals surface area contributed by atoms with Crippen LogP contribution in [0.1, 0.15) is 44.6 Å². The van der Waals surface area contributed by atoms with Gasteiger partial charge >= 0.3 is 18.0 Å². The first-order valence-corrected chi connectivity index (χ1v) is 10.1. The number of rotatable bonds is 6. The molecule has 0 aromatic heterocycles. The van der Waals surface area contributed by atoms with E-state index in [0.29, 0.717) is 10.6 Å². The number of carboxylic acid groups (broad SMARTS) is 1. The van der Waals surface area contributed by atoms with Gasteiger partial charge in [0.05, 0.1) is 13.0 Å². The van der Waals surface area contributed by atoms with Crippen LogP contribution in [0.3, 0.4) is 0 Å². The molecule has 1 aliphatic carbocycles. The normalized spacial score (nSPS) is 15.0. The number of likely N-dealkylation sites (N-methyl/N-ethyl adjacent to an activating group) is 1. The summed E-state index contributed by atoms with van der Waals surface area (Å²) >= 11 is 0. The van der Waals surface area contributed by atoms with Gasteiger partial charge in [-0.2, -0.15) is 0 Å². The lowest BCUT2D eigenvalue weighted by atomic mass is 9.83. The van der Waals surface area contributed by atoms with Gasteiger partial charge in [-0.15, -0.1) is 0 Å². The number of hydroxylamine groups is 2. The third kappa shape index (κ3) is 6.20. The maximum Gasteiger partial charge on any atom is 0.451 e. The third-order valence-electron chi connectivity index (χ3n) is 5.11. The van der Waals surface area contributed by atoms with Crippen molar-refractivity contribution in [2.24, 2.45) is 5.92 Å². The number of hydrogen-bond donors (Lipinski definition) is 2. The van der Waals surface area contributed by atoms with Gasteiger partial charge in [0.1, 0.15) is 6.04 Å². The molecule has 9 nitrogen and oxygen atoms in total. The highest BCUT2D eigenvalue weighted by atomic mass is 16.8. The van der Waals surface area contributed by atoms with E-state index < -0.39 is 30.0 Å². The summed E-state index contributed by atoms with van der Waals surface area (Å²) in [5.74, 6) is -2.58. The SMILES string of the molecule is CCOC(=O)N(OC(=O)Cc1ccccc1)C(=N)N(C)C(C(=O)O)C1CCCCC1. The Kier molecular flexibility index (Phi) is 8.64. The summed E-state index contributed by atoms with van der Waals surface area (Å²) in [6, 6.07) is 7.80. The van der Waals surface area contributed by atoms with E-state index in [1.54, 1.807) is 31.2 Å². The number of guanidine groups is 1. The van der Waals surface area contributed by atoms with Gasteiger partial charge in [0.15, 0.2) is 0 Å². The van der Waals surface area contributed by atoms with Gasteiger partial charge in [-0.25, -0.2) is 14.4 Å². The number of carboxylic acids is 1. The fourth-order valence-corrected chi connectivity index (χ4v) is 3.65. The molecule has 2 rings (SSSR count). The van der Waals surface area contributed by atoms with Gasteiger partial charge in [0.2, 0.25) is 5.96 Å². The second-order valence-corrected chi connectivity index (χ2v) is 7.23. The van der Waals surface area contributed by atoms with Gasteiger partial charge < -0.3 is 19.6 Å². The zero-order valence-corrected chi connectivity index (χ0v) is 17.4. The maximum absolute atomic E-state index is 12.4. The predicted octanol–water partition coefficient (Wildman–Crippen LogP) is 3.05. The molecule has 0 bridgehead atoms. The Balaban J connectivity index is 2.17. The summed E-state index contributed by atoms with van der Waals surface area (Å²) in [5, 5.41) is 18.6. The molecule has 1 atom stereocenters. The molecule has 0 spiro atoms. The fourth-order valence-electron chi connectivity index (χ4n) is 3.65. The monoisotopic (exact) mass is 419 g/mol. The quantitative estimate of drug-likeness (QED) is 0.413. The molecule has 164 valence electrons. The van der Waals surface area contributed by atoms with E-state index in [0.717, 1.165) is 37.0 Å². The van der Waals surface area contributed by atoms with Crippen LogP contribution < -0.4 is 0 Å². The van der Waals surface area contributed by atoms with Crippen molar-refractivity contribution in [3.8, 4) is 0 Å². The molecule has 1 aromatic carbocycles. The number of nitrogens with zero attached hydrogens (tertiary/aromatic N) is 2. The van der Waals surface area contributed by atoms with E-state index >= 15 is 0 Å². The highest BCUT2D eigenvalue weighted by molar-refractivity contribution is 5.94. The molecule has 0 radical (unpaired) electrons. The minimum Gasteiger partial charge on any atom is -0.480 e. The van der Waals surface area contributed by atoms with E-state index in [1.165, 1.54) is 7.05 Å². The van der Waals surface area contributed by atoms with Gasteiger partial charge in [-0.1, -0.05) is 54.7 Å². The van der Waals surface area contributed by atoms with Crippen LogP contribution in [0, 0.1) is 11.3 Å². The molecule has 9 heteroatoms. The average molecular weight is 419 g/mol. The van der Waals surface area contributed by atoms with Crippen LogP contribution in [-0.4, -0.2) is 58.8 Å². The molecular formula is C21H29N3O6. The van der Waals surface area contributed by atoms with Crippen molar-refractivity contribution < 1.29 is 29.1 Å². The highest BCUT2D eigenvalue weighted by Crippen LogP contribution is 2.29. The molecule has 1 unspecified atom stereocenters. The van der Waals surface area contributed by atoms with Gasteiger partial charge in [-0.05, 0) is 31.2 Å². The number of benzene rings is 1. The zero-order valence-electron chi connectivity index (χ0n) is 17.4. The van der Waals surface area contributed by atoms with E-state index in [1.807, 2.05) is 6.07 Å². The Hall–Kier alpha value is -3.10. The second kappa shape index (κ2) is 11.2. The summed E-state index contributed by atoms with van der Waals surface area (Å²) in [5.41, 5.74) is 0.678. The Bertz CT molecular complexity index is 748. The largest absolute Gasteiger partial charge is 0.480 e. The first kappa shape index (κ1) is 23.2. The Morgan fingerprint density at radius 2 is 1.80 bits per heavy atom. The minimum atomic E-state index is -1.09. The first-order valence-electron chi connectivity index (χ1n) is 10.1. The summed E-state index contributed by atoms with van der Waals surface area (Å²) in [6.45, 7) is 1.59. The van der Waals surface area contributed by atoms with Crippen LogP contribution in [0.15, 0.2) is 30.3 Å². The molecule has 1 fully saturated rings. The molecule has 1 aromatic rings. The number of aliphatic carboxylic acids is 1. The van der Waals surface area contributed by atoms with Crippen molar-refractivity contribution in [3.05, 3.63) is 35.9 Å². The molecule has 2 N–H and O–H groups in total. The van der Waals surface area contributed by atoms with Crippen molar-refractivity contribution in [2.75, 3.05) is 13.7 Å². The lowest BCUT2D eigenvalue weighted by Gasteiger charge is -2.36. The number of amides is 1. The van der Waals surface area contributed by atoms with Crippen LogP contribution in [0.4, 0.5) is 4.79 Å². The van der Waals surface area contributed by atoms with Crippen molar-refractivity contribution in [1.82, 2.24) is 9.96 Å². The topological polar surface area (TPSA) is 120 Å². The Morgan fingerprint density at radius 1 is 1.17 bits per heavy atom. The van der Waals surface area contributed by atoms with Gasteiger partial charge in [-0.3, -0.25) is 5.41 Å². The lowest BCUT2D eigenvalue weighted by molar-refractivity contribution is -0.169. The average Bonchev–Trinajstić information content (AvgIpc) is 2.73. The summed E-state index contributed by atoms with van der Waals surface area (Å²) < 4.78 is 4.91. The van der Waals surface area contributed by atoms with Crippen LogP contribution in [0.25, 0.3) is 0 Å². The molecule has 0 saturated heterocycles.